The maximum Gasteiger partial charge on any atom is 0.123 e. The minimum absolute atomic E-state index is 0.272. The smallest absolute Gasteiger partial charge is 0.123 e. The Bertz CT molecular complexity index is 390. The van der Waals surface area contributed by atoms with Gasteiger partial charge < -0.3 is 20.1 Å². The van der Waals surface area contributed by atoms with Crippen molar-refractivity contribution in [3.05, 3.63) is 29.3 Å². The van der Waals surface area contributed by atoms with Crippen LogP contribution in [0.4, 0.5) is 0 Å². The van der Waals surface area contributed by atoms with Crippen LogP contribution in [0.2, 0.25) is 0 Å². The first-order chi connectivity index (χ1) is 9.33. The van der Waals surface area contributed by atoms with E-state index < -0.39 is 0 Å². The summed E-state index contributed by atoms with van der Waals surface area (Å²) in [7, 11) is 1.72. The molecule has 1 saturated heterocycles. The normalized spacial score (nSPS) is 19.4. The van der Waals surface area contributed by atoms with E-state index >= 15 is 0 Å². The molecule has 1 aromatic carbocycles. The van der Waals surface area contributed by atoms with E-state index in [1.165, 1.54) is 11.1 Å². The lowest BCUT2D eigenvalue weighted by molar-refractivity contribution is 0.0290. The number of hydrogen-bond acceptors (Lipinski definition) is 4. The van der Waals surface area contributed by atoms with Crippen LogP contribution >= 0.6 is 0 Å². The van der Waals surface area contributed by atoms with Crippen LogP contribution < -0.4 is 15.4 Å². The molecule has 1 fully saturated rings. The van der Waals surface area contributed by atoms with Crippen LogP contribution in [-0.4, -0.2) is 39.5 Å². The molecule has 1 atom stereocenters. The summed E-state index contributed by atoms with van der Waals surface area (Å²) < 4.78 is 11.1. The molecule has 0 radical (unpaired) electrons. The number of hydrogen-bond donors (Lipinski definition) is 2. The van der Waals surface area contributed by atoms with Crippen LogP contribution in [0.25, 0.3) is 0 Å². The van der Waals surface area contributed by atoms with Crippen LogP contribution in [0, 0.1) is 0 Å². The zero-order valence-electron chi connectivity index (χ0n) is 11.9. The Morgan fingerprint density at radius 3 is 3.05 bits per heavy atom. The highest BCUT2D eigenvalue weighted by Gasteiger charge is 2.12. The molecule has 1 unspecified atom stereocenters. The Kier molecular flexibility index (Phi) is 5.63. The summed E-state index contributed by atoms with van der Waals surface area (Å²) >= 11 is 0. The maximum absolute atomic E-state index is 5.66. The van der Waals surface area contributed by atoms with E-state index in [1.54, 1.807) is 7.11 Å². The number of rotatable bonds is 6. The van der Waals surface area contributed by atoms with Gasteiger partial charge >= 0.3 is 0 Å². The summed E-state index contributed by atoms with van der Waals surface area (Å²) in [5.41, 5.74) is 2.55. The Labute approximate surface area is 115 Å². The molecule has 0 amide bonds. The third-order valence-corrected chi connectivity index (χ3v) is 3.44. The number of aryl methyl sites for hydroxylation is 1. The predicted molar refractivity (Wildman–Crippen MR) is 76.7 cm³/mol. The van der Waals surface area contributed by atoms with E-state index in [9.17, 15) is 0 Å². The summed E-state index contributed by atoms with van der Waals surface area (Å²) in [6.45, 7) is 6.55. The second kappa shape index (κ2) is 7.48. The van der Waals surface area contributed by atoms with Gasteiger partial charge in [-0.2, -0.15) is 0 Å². The first-order valence-electron chi connectivity index (χ1n) is 7.02. The summed E-state index contributed by atoms with van der Waals surface area (Å²) in [4.78, 5) is 0. The SMILES string of the molecule is CCc1ccc(OC)c(CNCC2CNCCO2)c1. The summed E-state index contributed by atoms with van der Waals surface area (Å²) in [5.74, 6) is 0.951. The second-order valence-electron chi connectivity index (χ2n) is 4.83. The number of methoxy groups -OCH3 is 1. The quantitative estimate of drug-likeness (QED) is 0.813. The van der Waals surface area contributed by atoms with Gasteiger partial charge in [-0.25, -0.2) is 0 Å². The molecule has 0 bridgehead atoms. The number of benzene rings is 1. The molecule has 0 spiro atoms. The number of morpholine rings is 1. The molecule has 19 heavy (non-hydrogen) atoms. The van der Waals surface area contributed by atoms with E-state index in [-0.39, 0.29) is 6.10 Å². The van der Waals surface area contributed by atoms with Crippen molar-refractivity contribution in [2.45, 2.75) is 26.0 Å². The Morgan fingerprint density at radius 1 is 1.47 bits per heavy atom. The van der Waals surface area contributed by atoms with Gasteiger partial charge in [-0.05, 0) is 18.1 Å². The van der Waals surface area contributed by atoms with Crippen molar-refractivity contribution in [1.29, 1.82) is 0 Å². The first kappa shape index (κ1) is 14.3. The third kappa shape index (κ3) is 4.20. The summed E-state index contributed by atoms with van der Waals surface area (Å²) in [5, 5.41) is 6.79. The average Bonchev–Trinajstić information content (AvgIpc) is 2.48. The molecule has 1 aliphatic rings. The van der Waals surface area contributed by atoms with Crippen molar-refractivity contribution in [1.82, 2.24) is 10.6 Å². The molecule has 2 rings (SSSR count). The van der Waals surface area contributed by atoms with E-state index in [0.29, 0.717) is 0 Å². The van der Waals surface area contributed by atoms with Crippen molar-refractivity contribution in [2.75, 3.05) is 33.4 Å². The van der Waals surface area contributed by atoms with Gasteiger partial charge in [0.25, 0.3) is 0 Å². The second-order valence-corrected chi connectivity index (χ2v) is 4.83. The minimum Gasteiger partial charge on any atom is -0.496 e. The average molecular weight is 264 g/mol. The zero-order valence-corrected chi connectivity index (χ0v) is 11.9. The van der Waals surface area contributed by atoms with Crippen LogP contribution in [0.5, 0.6) is 5.75 Å². The highest BCUT2D eigenvalue weighted by Crippen LogP contribution is 2.20. The topological polar surface area (TPSA) is 42.5 Å². The van der Waals surface area contributed by atoms with Crippen LogP contribution in [0.15, 0.2) is 18.2 Å². The van der Waals surface area contributed by atoms with E-state index in [2.05, 4.69) is 35.8 Å². The lowest BCUT2D eigenvalue weighted by Gasteiger charge is -2.24. The lowest BCUT2D eigenvalue weighted by atomic mass is 10.1. The van der Waals surface area contributed by atoms with Gasteiger partial charge in [-0.15, -0.1) is 0 Å². The molecule has 0 aromatic heterocycles. The van der Waals surface area contributed by atoms with Gasteiger partial charge in [-0.1, -0.05) is 19.1 Å². The fourth-order valence-electron chi connectivity index (χ4n) is 2.31. The molecule has 4 nitrogen and oxygen atoms in total. The van der Waals surface area contributed by atoms with Gasteiger partial charge in [0.2, 0.25) is 0 Å². The minimum atomic E-state index is 0.272. The molecule has 106 valence electrons. The zero-order chi connectivity index (χ0) is 13.5. The molecule has 1 heterocycles. The number of nitrogens with one attached hydrogen (secondary N) is 2. The van der Waals surface area contributed by atoms with Crippen LogP contribution in [0.3, 0.4) is 0 Å². The molecule has 1 aliphatic heterocycles. The Hall–Kier alpha value is -1.10. The molecular weight excluding hydrogens is 240 g/mol. The highest BCUT2D eigenvalue weighted by molar-refractivity contribution is 5.37. The third-order valence-electron chi connectivity index (χ3n) is 3.44. The molecule has 4 heteroatoms. The maximum atomic E-state index is 5.66. The fourth-order valence-corrected chi connectivity index (χ4v) is 2.31. The molecular formula is C15H24N2O2. The van der Waals surface area contributed by atoms with Gasteiger partial charge in [0.15, 0.2) is 0 Å². The monoisotopic (exact) mass is 264 g/mol. The Balaban J connectivity index is 1.86. The van der Waals surface area contributed by atoms with Gasteiger partial charge in [0, 0.05) is 31.7 Å². The fraction of sp³-hybridized carbons (Fsp3) is 0.600. The van der Waals surface area contributed by atoms with Gasteiger partial charge in [0.1, 0.15) is 5.75 Å². The molecule has 2 N–H and O–H groups in total. The van der Waals surface area contributed by atoms with E-state index in [0.717, 1.165) is 45.0 Å². The van der Waals surface area contributed by atoms with Crippen LogP contribution in [-0.2, 0) is 17.7 Å². The van der Waals surface area contributed by atoms with Gasteiger partial charge in [0.05, 0.1) is 19.8 Å². The van der Waals surface area contributed by atoms with Gasteiger partial charge in [-0.3, -0.25) is 0 Å². The summed E-state index contributed by atoms with van der Waals surface area (Å²) in [6, 6.07) is 6.39. The summed E-state index contributed by atoms with van der Waals surface area (Å²) in [6.07, 6.45) is 1.32. The largest absolute Gasteiger partial charge is 0.496 e. The van der Waals surface area contributed by atoms with Crippen molar-refractivity contribution in [2.24, 2.45) is 0 Å². The number of ether oxygens (including phenoxy) is 2. The molecule has 0 aliphatic carbocycles. The van der Waals surface area contributed by atoms with Crippen molar-refractivity contribution < 1.29 is 9.47 Å². The van der Waals surface area contributed by atoms with E-state index in [4.69, 9.17) is 9.47 Å². The first-order valence-corrected chi connectivity index (χ1v) is 7.02. The van der Waals surface area contributed by atoms with Crippen LogP contribution in [0.1, 0.15) is 18.1 Å². The highest BCUT2D eigenvalue weighted by atomic mass is 16.5. The molecule has 0 saturated carbocycles. The van der Waals surface area contributed by atoms with Crippen molar-refractivity contribution >= 4 is 0 Å². The van der Waals surface area contributed by atoms with Crippen molar-refractivity contribution in [3.63, 3.8) is 0 Å². The standard InChI is InChI=1S/C15H24N2O2/c1-3-12-4-5-15(18-2)13(8-12)9-17-11-14-10-16-6-7-19-14/h4-5,8,14,16-17H,3,6-7,9-11H2,1-2H3. The molecule has 1 aromatic rings. The lowest BCUT2D eigenvalue weighted by Crippen LogP contribution is -2.43. The van der Waals surface area contributed by atoms with E-state index in [1.807, 2.05) is 0 Å². The van der Waals surface area contributed by atoms with Crippen molar-refractivity contribution in [3.8, 4) is 5.75 Å². The Morgan fingerprint density at radius 2 is 2.37 bits per heavy atom. The predicted octanol–water partition coefficient (Wildman–Crippen LogP) is 1.34.